The Morgan fingerprint density at radius 2 is 1.88 bits per heavy atom. The molecular weight excluding hydrogens is 216 g/mol. The lowest BCUT2D eigenvalue weighted by molar-refractivity contribution is 0.389. The highest BCUT2D eigenvalue weighted by Gasteiger charge is 2.19. The van der Waals surface area contributed by atoms with Gasteiger partial charge in [-0.25, -0.2) is 0 Å². The second-order valence-corrected chi connectivity index (χ2v) is 4.69. The molecule has 0 bridgehead atoms. The van der Waals surface area contributed by atoms with Gasteiger partial charge in [-0.2, -0.15) is 0 Å². The molecule has 0 spiro atoms. The molecule has 1 aromatic rings. The normalized spacial score (nSPS) is 11.2. The summed E-state index contributed by atoms with van der Waals surface area (Å²) in [5, 5.41) is 3.37. The molecule has 0 aliphatic heterocycles. The number of methoxy groups -OCH3 is 2. The molecule has 0 aromatic heterocycles. The van der Waals surface area contributed by atoms with Crippen LogP contribution in [0.5, 0.6) is 11.5 Å². The van der Waals surface area contributed by atoms with Crippen LogP contribution in [-0.2, 0) is 0 Å². The first-order valence-corrected chi connectivity index (χ1v) is 5.65. The van der Waals surface area contributed by atoms with Gasteiger partial charge in [0.2, 0.25) is 0 Å². The average molecular weight is 238 g/mol. The highest BCUT2D eigenvalue weighted by molar-refractivity contribution is 5.64. The first-order chi connectivity index (χ1) is 7.95. The van der Waals surface area contributed by atoms with Crippen molar-refractivity contribution in [2.45, 2.75) is 26.3 Å². The third-order valence-corrected chi connectivity index (χ3v) is 2.76. The van der Waals surface area contributed by atoms with Crippen LogP contribution in [0.15, 0.2) is 12.1 Å². The third-order valence-electron chi connectivity index (χ3n) is 2.76. The van der Waals surface area contributed by atoms with Crippen LogP contribution in [0.1, 0.15) is 19.4 Å². The third kappa shape index (κ3) is 3.03. The zero-order chi connectivity index (χ0) is 13.1. The largest absolute Gasteiger partial charge is 0.496 e. The van der Waals surface area contributed by atoms with Crippen LogP contribution in [0.3, 0.4) is 0 Å². The van der Waals surface area contributed by atoms with E-state index in [4.69, 9.17) is 15.2 Å². The Morgan fingerprint density at radius 3 is 2.35 bits per heavy atom. The van der Waals surface area contributed by atoms with E-state index in [9.17, 15) is 0 Å². The van der Waals surface area contributed by atoms with E-state index in [1.807, 2.05) is 32.9 Å². The fourth-order valence-electron chi connectivity index (χ4n) is 1.67. The predicted molar refractivity (Wildman–Crippen MR) is 71.0 cm³/mol. The summed E-state index contributed by atoms with van der Waals surface area (Å²) in [5.41, 5.74) is 7.45. The number of anilines is 1. The summed E-state index contributed by atoms with van der Waals surface area (Å²) < 4.78 is 10.7. The minimum Gasteiger partial charge on any atom is -0.496 e. The van der Waals surface area contributed by atoms with E-state index in [0.717, 1.165) is 22.7 Å². The van der Waals surface area contributed by atoms with Gasteiger partial charge in [0.15, 0.2) is 0 Å². The lowest BCUT2D eigenvalue weighted by Crippen LogP contribution is -2.39. The van der Waals surface area contributed by atoms with Gasteiger partial charge in [-0.05, 0) is 32.9 Å². The number of nitrogens with one attached hydrogen (secondary N) is 1. The average Bonchev–Trinajstić information content (AvgIpc) is 2.29. The van der Waals surface area contributed by atoms with Crippen LogP contribution >= 0.6 is 0 Å². The topological polar surface area (TPSA) is 56.5 Å². The quantitative estimate of drug-likeness (QED) is 0.825. The molecule has 0 unspecified atom stereocenters. The number of benzene rings is 1. The molecule has 0 amide bonds. The first-order valence-electron chi connectivity index (χ1n) is 5.65. The van der Waals surface area contributed by atoms with Gasteiger partial charge < -0.3 is 20.5 Å². The molecule has 0 aliphatic rings. The molecule has 0 atom stereocenters. The van der Waals surface area contributed by atoms with Crippen molar-refractivity contribution in [1.82, 2.24) is 0 Å². The Bertz CT molecular complexity index is 389. The van der Waals surface area contributed by atoms with E-state index in [1.54, 1.807) is 14.2 Å². The fourth-order valence-corrected chi connectivity index (χ4v) is 1.67. The number of nitrogens with two attached hydrogens (primary N) is 1. The van der Waals surface area contributed by atoms with Gasteiger partial charge >= 0.3 is 0 Å². The fraction of sp³-hybridized carbons (Fsp3) is 0.538. The van der Waals surface area contributed by atoms with E-state index in [-0.39, 0.29) is 5.54 Å². The van der Waals surface area contributed by atoms with Crippen LogP contribution < -0.4 is 20.5 Å². The summed E-state index contributed by atoms with van der Waals surface area (Å²) in [6.07, 6.45) is 0. The van der Waals surface area contributed by atoms with Crippen LogP contribution in [-0.4, -0.2) is 26.3 Å². The Kier molecular flexibility index (Phi) is 4.23. The SMILES string of the molecule is COc1ccc(NC(C)(C)CN)c(OC)c1C. The Labute approximate surface area is 103 Å². The summed E-state index contributed by atoms with van der Waals surface area (Å²) in [5.74, 6) is 1.61. The molecule has 1 rings (SSSR count). The maximum atomic E-state index is 5.71. The molecule has 3 N–H and O–H groups in total. The van der Waals surface area contributed by atoms with Crippen molar-refractivity contribution in [1.29, 1.82) is 0 Å². The van der Waals surface area contributed by atoms with Gasteiger partial charge in [0.1, 0.15) is 11.5 Å². The number of ether oxygens (including phenoxy) is 2. The lowest BCUT2D eigenvalue weighted by Gasteiger charge is -2.27. The van der Waals surface area contributed by atoms with E-state index in [0.29, 0.717) is 6.54 Å². The van der Waals surface area contributed by atoms with Gasteiger partial charge in [-0.3, -0.25) is 0 Å². The summed E-state index contributed by atoms with van der Waals surface area (Å²) in [6.45, 7) is 6.61. The Hall–Kier alpha value is -1.42. The maximum Gasteiger partial charge on any atom is 0.148 e. The molecule has 0 saturated heterocycles. The molecule has 1 aromatic carbocycles. The van der Waals surface area contributed by atoms with Crippen LogP contribution in [0.25, 0.3) is 0 Å². The van der Waals surface area contributed by atoms with Gasteiger partial charge in [0.25, 0.3) is 0 Å². The highest BCUT2D eigenvalue weighted by atomic mass is 16.5. The van der Waals surface area contributed by atoms with Crippen molar-refractivity contribution < 1.29 is 9.47 Å². The molecule has 0 saturated carbocycles. The van der Waals surface area contributed by atoms with Crippen molar-refractivity contribution in [2.24, 2.45) is 5.73 Å². The number of hydrogen-bond donors (Lipinski definition) is 2. The predicted octanol–water partition coefficient (Wildman–Crippen LogP) is 2.16. The zero-order valence-corrected chi connectivity index (χ0v) is 11.3. The van der Waals surface area contributed by atoms with Crippen molar-refractivity contribution in [3.05, 3.63) is 17.7 Å². The van der Waals surface area contributed by atoms with E-state index in [1.165, 1.54) is 0 Å². The van der Waals surface area contributed by atoms with Crippen LogP contribution in [0.4, 0.5) is 5.69 Å². The summed E-state index contributed by atoms with van der Waals surface area (Å²) in [6, 6.07) is 3.87. The highest BCUT2D eigenvalue weighted by Crippen LogP contribution is 2.36. The Morgan fingerprint density at radius 1 is 1.24 bits per heavy atom. The molecule has 0 heterocycles. The zero-order valence-electron chi connectivity index (χ0n) is 11.3. The van der Waals surface area contributed by atoms with Gasteiger partial charge in [0.05, 0.1) is 19.9 Å². The van der Waals surface area contributed by atoms with E-state index >= 15 is 0 Å². The van der Waals surface area contributed by atoms with Crippen molar-refractivity contribution in [3.8, 4) is 11.5 Å². The maximum absolute atomic E-state index is 5.71. The van der Waals surface area contributed by atoms with Gasteiger partial charge in [-0.15, -0.1) is 0 Å². The molecule has 17 heavy (non-hydrogen) atoms. The van der Waals surface area contributed by atoms with Crippen LogP contribution in [0, 0.1) is 6.92 Å². The molecule has 0 aliphatic carbocycles. The molecule has 96 valence electrons. The van der Waals surface area contributed by atoms with Crippen molar-refractivity contribution in [2.75, 3.05) is 26.1 Å². The summed E-state index contributed by atoms with van der Waals surface area (Å²) >= 11 is 0. The minimum atomic E-state index is -0.172. The second-order valence-electron chi connectivity index (χ2n) is 4.69. The van der Waals surface area contributed by atoms with Gasteiger partial charge in [-0.1, -0.05) is 0 Å². The molecule has 0 radical (unpaired) electrons. The second kappa shape index (κ2) is 5.27. The number of hydrogen-bond acceptors (Lipinski definition) is 4. The number of rotatable bonds is 5. The smallest absolute Gasteiger partial charge is 0.148 e. The van der Waals surface area contributed by atoms with Crippen molar-refractivity contribution >= 4 is 5.69 Å². The molecule has 4 heteroatoms. The Balaban J connectivity index is 3.13. The van der Waals surface area contributed by atoms with Gasteiger partial charge in [0, 0.05) is 17.6 Å². The van der Waals surface area contributed by atoms with E-state index in [2.05, 4.69) is 5.32 Å². The molecule has 4 nitrogen and oxygen atoms in total. The standard InChI is InChI=1S/C13H22N2O2/c1-9-11(16-4)7-6-10(12(9)17-5)15-13(2,3)8-14/h6-7,15H,8,14H2,1-5H3. The van der Waals surface area contributed by atoms with Crippen molar-refractivity contribution in [3.63, 3.8) is 0 Å². The molecule has 0 fully saturated rings. The summed E-state index contributed by atoms with van der Waals surface area (Å²) in [4.78, 5) is 0. The molecular formula is C13H22N2O2. The minimum absolute atomic E-state index is 0.172. The monoisotopic (exact) mass is 238 g/mol. The van der Waals surface area contributed by atoms with E-state index < -0.39 is 0 Å². The lowest BCUT2D eigenvalue weighted by atomic mass is 10.0. The summed E-state index contributed by atoms with van der Waals surface area (Å²) in [7, 11) is 3.31. The van der Waals surface area contributed by atoms with Crippen LogP contribution in [0.2, 0.25) is 0 Å². The first kappa shape index (κ1) is 13.6.